The minimum absolute atomic E-state index is 0.0543. The highest BCUT2D eigenvalue weighted by Gasteiger charge is 2.34. The smallest absolute Gasteiger partial charge is 0.407 e. The molecule has 11 nitrogen and oxygen atoms in total. The second kappa shape index (κ2) is 20.7. The minimum Gasteiger partial charge on any atom is -0.453 e. The Balaban J connectivity index is 1.03. The number of carbonyl (C=O) groups excluding carboxylic acids is 2. The third-order valence-electron chi connectivity index (χ3n) is 10.2. The molecule has 298 valence electrons. The quantitative estimate of drug-likeness (QED) is 0.0839. The van der Waals surface area contributed by atoms with Crippen molar-refractivity contribution in [2.75, 3.05) is 26.0 Å². The van der Waals surface area contributed by atoms with Gasteiger partial charge in [-0.05, 0) is 52.8 Å². The van der Waals surface area contributed by atoms with Crippen LogP contribution >= 0.6 is 11.8 Å². The summed E-state index contributed by atoms with van der Waals surface area (Å²) in [5.41, 5.74) is 5.72. The highest BCUT2D eigenvalue weighted by Crippen LogP contribution is 2.31. The fraction of sp³-hybridized carbons (Fsp3) is 0.283. The van der Waals surface area contributed by atoms with Crippen molar-refractivity contribution < 1.29 is 28.2 Å². The average Bonchev–Trinajstić information content (AvgIpc) is 3.76. The Bertz CT molecular complexity index is 2140. The summed E-state index contributed by atoms with van der Waals surface area (Å²) >= 11 is 1.46. The Kier molecular flexibility index (Phi) is 14.4. The van der Waals surface area contributed by atoms with Crippen molar-refractivity contribution in [2.24, 2.45) is 0 Å². The predicted octanol–water partition coefficient (Wildman–Crippen LogP) is 7.47. The number of amides is 1. The van der Waals surface area contributed by atoms with Crippen molar-refractivity contribution in [3.63, 3.8) is 0 Å². The van der Waals surface area contributed by atoms with E-state index in [1.807, 2.05) is 109 Å². The zero-order valence-corrected chi connectivity index (χ0v) is 33.1. The van der Waals surface area contributed by atoms with Crippen LogP contribution in [-0.2, 0) is 38.5 Å². The van der Waals surface area contributed by atoms with Gasteiger partial charge in [0.2, 0.25) is 5.89 Å². The summed E-state index contributed by atoms with van der Waals surface area (Å²) in [6, 6.07) is 40.4. The summed E-state index contributed by atoms with van der Waals surface area (Å²) in [6.45, 7) is 1.62. The molecule has 58 heavy (non-hydrogen) atoms. The van der Waals surface area contributed by atoms with Crippen LogP contribution in [0.15, 0.2) is 149 Å². The molecule has 0 spiro atoms. The molecule has 1 amide bonds. The summed E-state index contributed by atoms with van der Waals surface area (Å²) in [5.74, 6) is 0.476. The first-order valence-corrected chi connectivity index (χ1v) is 20.4. The number of ether oxygens (including phenoxy) is 3. The molecule has 4 atom stereocenters. The maximum absolute atomic E-state index is 14.4. The number of pyridine rings is 1. The van der Waals surface area contributed by atoms with Crippen LogP contribution in [0, 0.1) is 0 Å². The highest BCUT2D eigenvalue weighted by molar-refractivity contribution is 7.99. The maximum Gasteiger partial charge on any atom is 0.407 e. The number of aromatic nitrogens is 3. The molecule has 1 aliphatic rings. The van der Waals surface area contributed by atoms with Crippen molar-refractivity contribution in [2.45, 2.75) is 61.3 Å². The molecule has 0 unspecified atom stereocenters. The van der Waals surface area contributed by atoms with E-state index >= 15 is 0 Å². The number of carbonyl (C=O) groups is 2. The van der Waals surface area contributed by atoms with Gasteiger partial charge in [-0.2, -0.15) is 0 Å². The molecule has 1 aliphatic heterocycles. The van der Waals surface area contributed by atoms with E-state index in [0.717, 1.165) is 39.8 Å². The fourth-order valence-electron chi connectivity index (χ4n) is 7.23. The van der Waals surface area contributed by atoms with Crippen molar-refractivity contribution in [1.82, 2.24) is 25.8 Å². The molecule has 1 saturated heterocycles. The largest absolute Gasteiger partial charge is 0.453 e. The number of methoxy groups -OCH3 is 1. The molecule has 0 bridgehead atoms. The Morgan fingerprint density at radius 2 is 1.50 bits per heavy atom. The van der Waals surface area contributed by atoms with E-state index in [1.165, 1.54) is 18.9 Å². The Morgan fingerprint density at radius 1 is 0.845 bits per heavy atom. The standard InChI is InChI=1S/C46H47N5O6S/c1-54-45(53)49-43(42(34-16-7-3-8-17-34)35-18-9-4-10-19-35)40(52)27-37-20-12-11-15-33(37)21-22-38-28-48-39(30-55-29-32-13-5-2-6-14-32)41(56-38)31-58-46-51-50-44(57-46)36-23-25-47-26-24-36/h2-20,23-26,38-39,41-43,48H,21-22,27-31H2,1H3,(H,49,53)/t38-,39-,41-,43-/m1/s1. The monoisotopic (exact) mass is 797 g/mol. The average molecular weight is 798 g/mol. The lowest BCUT2D eigenvalue weighted by molar-refractivity contribution is -0.120. The number of hydrogen-bond donors (Lipinski definition) is 2. The van der Waals surface area contributed by atoms with Crippen molar-refractivity contribution in [3.8, 4) is 11.5 Å². The molecule has 1 fully saturated rings. The lowest BCUT2D eigenvalue weighted by Gasteiger charge is -2.37. The first-order chi connectivity index (χ1) is 28.5. The van der Waals surface area contributed by atoms with Gasteiger partial charge in [0.1, 0.15) is 6.04 Å². The number of thioether (sulfide) groups is 1. The second-order valence-corrected chi connectivity index (χ2v) is 15.1. The van der Waals surface area contributed by atoms with E-state index in [2.05, 4.69) is 44.0 Å². The van der Waals surface area contributed by atoms with Gasteiger partial charge in [-0.25, -0.2) is 4.79 Å². The van der Waals surface area contributed by atoms with Crippen LogP contribution in [0.5, 0.6) is 0 Å². The molecular weight excluding hydrogens is 751 g/mol. The van der Waals surface area contributed by atoms with Crippen LogP contribution in [0.2, 0.25) is 0 Å². The van der Waals surface area contributed by atoms with Gasteiger partial charge in [-0.3, -0.25) is 9.78 Å². The third-order valence-corrected chi connectivity index (χ3v) is 11.1. The summed E-state index contributed by atoms with van der Waals surface area (Å²) in [7, 11) is 1.31. The summed E-state index contributed by atoms with van der Waals surface area (Å²) < 4.78 is 23.9. The Morgan fingerprint density at radius 3 is 2.19 bits per heavy atom. The Labute approximate surface area is 342 Å². The lowest BCUT2D eigenvalue weighted by atomic mass is 9.81. The minimum atomic E-state index is -0.866. The van der Waals surface area contributed by atoms with E-state index in [9.17, 15) is 9.59 Å². The number of nitrogens with one attached hydrogen (secondary N) is 2. The normalized spacial score (nSPS) is 17.1. The molecule has 6 aromatic rings. The van der Waals surface area contributed by atoms with Gasteiger partial charge in [-0.15, -0.1) is 10.2 Å². The van der Waals surface area contributed by atoms with E-state index < -0.39 is 18.1 Å². The molecule has 4 aromatic carbocycles. The predicted molar refractivity (Wildman–Crippen MR) is 222 cm³/mol. The maximum atomic E-state index is 14.4. The highest BCUT2D eigenvalue weighted by atomic mass is 32.2. The molecule has 0 saturated carbocycles. The van der Waals surface area contributed by atoms with Gasteiger partial charge in [-0.1, -0.05) is 127 Å². The number of rotatable bonds is 18. The van der Waals surface area contributed by atoms with E-state index in [-0.39, 0.29) is 30.5 Å². The summed E-state index contributed by atoms with van der Waals surface area (Å²) in [5, 5.41) is 15.5. The number of Topliss-reactive ketones (excluding diaryl/α,β-unsaturated/α-hetero) is 1. The number of morpholine rings is 1. The number of alkyl carbamates (subject to hydrolysis) is 1. The van der Waals surface area contributed by atoms with Crippen LogP contribution in [0.4, 0.5) is 4.79 Å². The number of nitrogens with zero attached hydrogens (tertiary/aromatic N) is 3. The van der Waals surface area contributed by atoms with Gasteiger partial charge in [0.05, 0.1) is 38.6 Å². The van der Waals surface area contributed by atoms with Gasteiger partial charge < -0.3 is 29.3 Å². The molecule has 3 heterocycles. The van der Waals surface area contributed by atoms with Crippen molar-refractivity contribution >= 4 is 23.6 Å². The third kappa shape index (κ3) is 11.0. The zero-order chi connectivity index (χ0) is 39.9. The number of hydrogen-bond acceptors (Lipinski definition) is 11. The number of ketones is 1. The van der Waals surface area contributed by atoms with Gasteiger partial charge in [0.25, 0.3) is 5.22 Å². The topological polar surface area (TPSA) is 138 Å². The molecule has 2 aromatic heterocycles. The van der Waals surface area contributed by atoms with Crippen LogP contribution in [0.1, 0.15) is 40.2 Å². The first kappa shape index (κ1) is 40.5. The molecular formula is C46H47N5O6S. The molecule has 0 radical (unpaired) electrons. The zero-order valence-electron chi connectivity index (χ0n) is 32.3. The van der Waals surface area contributed by atoms with Crippen LogP contribution in [-0.4, -0.2) is 77.4 Å². The van der Waals surface area contributed by atoms with Crippen molar-refractivity contribution in [1.29, 1.82) is 0 Å². The van der Waals surface area contributed by atoms with Gasteiger partial charge in [0.15, 0.2) is 5.78 Å². The van der Waals surface area contributed by atoms with Crippen LogP contribution < -0.4 is 10.6 Å². The van der Waals surface area contributed by atoms with Gasteiger partial charge >= 0.3 is 6.09 Å². The van der Waals surface area contributed by atoms with E-state index in [0.29, 0.717) is 43.0 Å². The van der Waals surface area contributed by atoms with E-state index in [4.69, 9.17) is 18.6 Å². The SMILES string of the molecule is COC(=O)N[C@H](C(=O)Cc1ccccc1CC[C@@H]1CN[C@H](COCc2ccccc2)[C@@H](CSc2nnc(-c3ccncc3)o2)O1)C(c1ccccc1)c1ccccc1. The van der Waals surface area contributed by atoms with Crippen LogP contribution in [0.3, 0.4) is 0 Å². The Hall–Kier alpha value is -5.66. The first-order valence-electron chi connectivity index (χ1n) is 19.4. The van der Waals surface area contributed by atoms with Crippen LogP contribution in [0.25, 0.3) is 11.5 Å². The molecule has 0 aliphatic carbocycles. The number of benzene rings is 4. The second-order valence-electron chi connectivity index (χ2n) is 14.1. The van der Waals surface area contributed by atoms with Crippen molar-refractivity contribution in [3.05, 3.63) is 168 Å². The summed E-state index contributed by atoms with van der Waals surface area (Å²) in [4.78, 5) is 31.2. The summed E-state index contributed by atoms with van der Waals surface area (Å²) in [6.07, 6.45) is 3.98. The number of aryl methyl sites for hydroxylation is 1. The van der Waals surface area contributed by atoms with Gasteiger partial charge in [0, 0.05) is 42.6 Å². The lowest BCUT2D eigenvalue weighted by Crippen LogP contribution is -2.55. The molecule has 2 N–H and O–H groups in total. The molecule has 12 heteroatoms. The van der Waals surface area contributed by atoms with E-state index in [1.54, 1.807) is 12.4 Å². The molecule has 7 rings (SSSR count). The fourth-order valence-corrected chi connectivity index (χ4v) is 8.08.